The highest BCUT2D eigenvalue weighted by molar-refractivity contribution is 14.1. The topological polar surface area (TPSA) is 51.1 Å². The van der Waals surface area contributed by atoms with Gasteiger partial charge in [-0.1, -0.05) is 24.3 Å². The lowest BCUT2D eigenvalue weighted by molar-refractivity contribution is 0.102. The fourth-order valence-corrected chi connectivity index (χ4v) is 2.91. The third kappa shape index (κ3) is 2.76. The van der Waals surface area contributed by atoms with Crippen molar-refractivity contribution >= 4 is 45.1 Å². The van der Waals surface area contributed by atoms with E-state index in [0.717, 1.165) is 14.5 Å². The fourth-order valence-electron chi connectivity index (χ4n) is 2.36. The number of anilines is 1. The van der Waals surface area contributed by atoms with Crippen LogP contribution in [0, 0.1) is 3.57 Å². The van der Waals surface area contributed by atoms with Crippen molar-refractivity contribution in [2.24, 2.45) is 7.05 Å². The molecule has 1 amide bonds. The summed E-state index contributed by atoms with van der Waals surface area (Å²) in [7, 11) is 1.70. The molecule has 5 heteroatoms. The average molecular weight is 404 g/mol. The molecule has 2 aromatic carbocycles. The molecule has 1 heterocycles. The van der Waals surface area contributed by atoms with Crippen molar-refractivity contribution in [1.82, 2.24) is 4.57 Å². The third-order valence-electron chi connectivity index (χ3n) is 3.48. The van der Waals surface area contributed by atoms with Crippen LogP contribution in [0.2, 0.25) is 0 Å². The number of aryl methyl sites for hydroxylation is 1. The number of hydrogen-bond donors (Lipinski definition) is 1. The Kier molecular flexibility index (Phi) is 3.98. The number of pyridine rings is 1. The summed E-state index contributed by atoms with van der Waals surface area (Å²) in [5.41, 5.74) is 1.63. The quantitative estimate of drug-likeness (QED) is 0.666. The van der Waals surface area contributed by atoms with E-state index >= 15 is 0 Å². The fraction of sp³-hybridized carbons (Fsp3) is 0.0588. The third-order valence-corrected chi connectivity index (χ3v) is 4.15. The van der Waals surface area contributed by atoms with Crippen LogP contribution in [-0.2, 0) is 7.05 Å². The molecule has 0 radical (unpaired) electrons. The zero-order chi connectivity index (χ0) is 15.7. The maximum atomic E-state index is 12.5. The number of rotatable bonds is 2. The lowest BCUT2D eigenvalue weighted by Gasteiger charge is -2.10. The number of carbonyl (C=O) groups is 1. The van der Waals surface area contributed by atoms with Gasteiger partial charge in [0.15, 0.2) is 0 Å². The molecule has 0 aliphatic carbocycles. The monoisotopic (exact) mass is 404 g/mol. The summed E-state index contributed by atoms with van der Waals surface area (Å²) in [5.74, 6) is -0.282. The summed E-state index contributed by atoms with van der Waals surface area (Å²) < 4.78 is 2.57. The first kappa shape index (κ1) is 14.8. The molecular formula is C17H13IN2O2. The Balaban J connectivity index is 2.08. The highest BCUT2D eigenvalue weighted by Gasteiger charge is 2.13. The second-order valence-corrected chi connectivity index (χ2v) is 6.18. The molecule has 0 aliphatic rings. The molecule has 1 N–H and O–H groups in total. The second-order valence-electron chi connectivity index (χ2n) is 4.94. The number of para-hydroxylation sites is 1. The van der Waals surface area contributed by atoms with Gasteiger partial charge >= 0.3 is 0 Å². The van der Waals surface area contributed by atoms with Crippen LogP contribution in [-0.4, -0.2) is 10.5 Å². The van der Waals surface area contributed by atoms with Gasteiger partial charge in [0.2, 0.25) is 0 Å². The average Bonchev–Trinajstić information content (AvgIpc) is 2.51. The minimum atomic E-state index is -0.282. The van der Waals surface area contributed by atoms with Crippen LogP contribution < -0.4 is 10.9 Å². The van der Waals surface area contributed by atoms with Crippen LogP contribution in [0.3, 0.4) is 0 Å². The van der Waals surface area contributed by atoms with E-state index in [1.165, 1.54) is 10.6 Å². The largest absolute Gasteiger partial charge is 0.322 e. The first-order valence-corrected chi connectivity index (χ1v) is 7.80. The number of nitrogens with one attached hydrogen (secondary N) is 1. The van der Waals surface area contributed by atoms with E-state index in [4.69, 9.17) is 0 Å². The van der Waals surface area contributed by atoms with Crippen LogP contribution in [0.1, 0.15) is 10.4 Å². The van der Waals surface area contributed by atoms with Crippen LogP contribution in [0.5, 0.6) is 0 Å². The summed E-state index contributed by atoms with van der Waals surface area (Å²) >= 11 is 2.19. The number of halogens is 1. The van der Waals surface area contributed by atoms with Crippen molar-refractivity contribution in [2.45, 2.75) is 0 Å². The summed E-state index contributed by atoms with van der Waals surface area (Å²) in [6, 6.07) is 16.3. The van der Waals surface area contributed by atoms with Gasteiger partial charge in [0.1, 0.15) is 0 Å². The molecule has 110 valence electrons. The molecule has 4 nitrogen and oxygen atoms in total. The Bertz CT molecular complexity index is 931. The van der Waals surface area contributed by atoms with Crippen LogP contribution in [0.4, 0.5) is 5.69 Å². The molecule has 0 fully saturated rings. The lowest BCUT2D eigenvalue weighted by atomic mass is 10.1. The van der Waals surface area contributed by atoms with E-state index in [0.29, 0.717) is 11.3 Å². The Hall–Kier alpha value is -2.15. The molecule has 0 saturated heterocycles. The van der Waals surface area contributed by atoms with Gasteiger partial charge in [-0.15, -0.1) is 0 Å². The smallest absolute Gasteiger partial charge is 0.256 e. The SMILES string of the molecule is Cn1c(=O)cc(C(=O)Nc2cccc(I)c2)c2ccccc21. The van der Waals surface area contributed by atoms with Gasteiger partial charge < -0.3 is 9.88 Å². The number of carbonyl (C=O) groups excluding carboxylic acids is 1. The first-order chi connectivity index (χ1) is 10.6. The second kappa shape index (κ2) is 5.92. The maximum absolute atomic E-state index is 12.5. The van der Waals surface area contributed by atoms with Crippen molar-refractivity contribution < 1.29 is 4.79 Å². The number of amides is 1. The Morgan fingerprint density at radius 3 is 2.64 bits per heavy atom. The molecule has 0 atom stereocenters. The molecule has 0 aliphatic heterocycles. The van der Waals surface area contributed by atoms with Crippen molar-refractivity contribution in [3.05, 3.63) is 74.1 Å². The molecule has 0 spiro atoms. The van der Waals surface area contributed by atoms with Crippen molar-refractivity contribution in [1.29, 1.82) is 0 Å². The van der Waals surface area contributed by atoms with Crippen LogP contribution in [0.25, 0.3) is 10.9 Å². The molecule has 3 rings (SSSR count). The lowest BCUT2D eigenvalue weighted by Crippen LogP contribution is -2.21. The molecule has 0 unspecified atom stereocenters. The van der Waals surface area contributed by atoms with Gasteiger partial charge in [-0.25, -0.2) is 0 Å². The van der Waals surface area contributed by atoms with Gasteiger partial charge in [0.05, 0.1) is 11.1 Å². The molecule has 0 bridgehead atoms. The van der Waals surface area contributed by atoms with E-state index < -0.39 is 0 Å². The van der Waals surface area contributed by atoms with E-state index in [1.54, 1.807) is 7.05 Å². The van der Waals surface area contributed by atoms with Gasteiger partial charge in [-0.2, -0.15) is 0 Å². The van der Waals surface area contributed by atoms with Crippen LogP contribution >= 0.6 is 22.6 Å². The zero-order valence-corrected chi connectivity index (χ0v) is 14.0. The normalized spacial score (nSPS) is 10.6. The van der Waals surface area contributed by atoms with E-state index in [-0.39, 0.29) is 11.5 Å². The Labute approximate surface area is 140 Å². The number of benzene rings is 2. The van der Waals surface area contributed by atoms with Gasteiger partial charge in [0, 0.05) is 27.8 Å². The summed E-state index contributed by atoms with van der Waals surface area (Å²) in [6.45, 7) is 0. The van der Waals surface area contributed by atoms with Gasteiger partial charge in [-0.05, 0) is 46.9 Å². The highest BCUT2D eigenvalue weighted by atomic mass is 127. The Morgan fingerprint density at radius 2 is 1.86 bits per heavy atom. The predicted octanol–water partition coefficient (Wildman–Crippen LogP) is 3.40. The first-order valence-electron chi connectivity index (χ1n) is 6.72. The summed E-state index contributed by atoms with van der Waals surface area (Å²) in [5, 5.41) is 3.60. The molecule has 0 saturated carbocycles. The molecular weight excluding hydrogens is 391 g/mol. The highest BCUT2D eigenvalue weighted by Crippen LogP contribution is 2.19. The molecule has 3 aromatic rings. The zero-order valence-electron chi connectivity index (χ0n) is 11.8. The number of nitrogens with zero attached hydrogens (tertiary/aromatic N) is 1. The predicted molar refractivity (Wildman–Crippen MR) is 96.3 cm³/mol. The Morgan fingerprint density at radius 1 is 1.09 bits per heavy atom. The minimum Gasteiger partial charge on any atom is -0.322 e. The molecule has 1 aromatic heterocycles. The number of hydrogen-bond acceptors (Lipinski definition) is 2. The van der Waals surface area contributed by atoms with Gasteiger partial charge in [-0.3, -0.25) is 9.59 Å². The maximum Gasteiger partial charge on any atom is 0.256 e. The van der Waals surface area contributed by atoms with E-state index in [2.05, 4.69) is 27.9 Å². The standard InChI is InChI=1S/C17H13IN2O2/c1-20-15-8-3-2-7-13(15)14(10-16(20)21)17(22)19-12-6-4-5-11(18)9-12/h2-10H,1H3,(H,19,22). The minimum absolute atomic E-state index is 0.202. The molecule has 22 heavy (non-hydrogen) atoms. The van der Waals surface area contributed by atoms with Crippen molar-refractivity contribution in [3.8, 4) is 0 Å². The van der Waals surface area contributed by atoms with E-state index in [1.807, 2.05) is 48.5 Å². The van der Waals surface area contributed by atoms with E-state index in [9.17, 15) is 9.59 Å². The van der Waals surface area contributed by atoms with Gasteiger partial charge in [0.25, 0.3) is 11.5 Å². The summed E-state index contributed by atoms with van der Waals surface area (Å²) in [6.07, 6.45) is 0. The van der Waals surface area contributed by atoms with Crippen molar-refractivity contribution in [2.75, 3.05) is 5.32 Å². The number of aromatic nitrogens is 1. The number of fused-ring (bicyclic) bond motifs is 1. The summed E-state index contributed by atoms with van der Waals surface area (Å²) in [4.78, 5) is 24.6. The van der Waals surface area contributed by atoms with Crippen LogP contribution in [0.15, 0.2) is 59.4 Å². The van der Waals surface area contributed by atoms with Crippen molar-refractivity contribution in [3.63, 3.8) is 0 Å².